The van der Waals surface area contributed by atoms with E-state index in [0.717, 1.165) is 5.56 Å². The SMILES string of the molecule is CC([N+](=O)[O-])[S+]([O-])C1(Cl)CC2CC(=O)N2C1C(=O)OCc1ccccc1. The molecule has 0 N–H and O–H groups in total. The van der Waals surface area contributed by atoms with Crippen LogP contribution >= 0.6 is 11.6 Å². The van der Waals surface area contributed by atoms with E-state index in [1.807, 2.05) is 6.07 Å². The molecule has 8 nitrogen and oxygen atoms in total. The lowest BCUT2D eigenvalue weighted by Crippen LogP contribution is -2.59. The highest BCUT2D eigenvalue weighted by molar-refractivity contribution is 7.94. The normalized spacial score (nSPS) is 29.5. The maximum Gasteiger partial charge on any atom is 0.355 e. The molecular formula is C16H17ClN2O6S. The molecule has 2 fully saturated rings. The van der Waals surface area contributed by atoms with Crippen molar-refractivity contribution < 1.29 is 23.8 Å². The van der Waals surface area contributed by atoms with Crippen LogP contribution in [-0.4, -0.2) is 47.9 Å². The predicted molar refractivity (Wildman–Crippen MR) is 93.1 cm³/mol. The highest BCUT2D eigenvalue weighted by Gasteiger charge is 2.69. The molecule has 0 aliphatic carbocycles. The summed E-state index contributed by atoms with van der Waals surface area (Å²) in [5.41, 5.74) is 0.741. The van der Waals surface area contributed by atoms with Gasteiger partial charge in [-0.15, -0.1) is 0 Å². The van der Waals surface area contributed by atoms with Gasteiger partial charge in [0.15, 0.2) is 6.04 Å². The molecule has 2 saturated heterocycles. The number of fused-ring (bicyclic) bond motifs is 1. The van der Waals surface area contributed by atoms with Gasteiger partial charge in [-0.05, 0) is 5.56 Å². The molecule has 0 radical (unpaired) electrons. The minimum Gasteiger partial charge on any atom is -0.610 e. The Kier molecular flexibility index (Phi) is 5.14. The van der Waals surface area contributed by atoms with Crippen molar-refractivity contribution in [1.82, 2.24) is 4.90 Å². The second kappa shape index (κ2) is 7.05. The number of amides is 1. The van der Waals surface area contributed by atoms with Crippen molar-refractivity contribution in [2.75, 3.05) is 0 Å². The first-order chi connectivity index (χ1) is 12.3. The lowest BCUT2D eigenvalue weighted by molar-refractivity contribution is -0.493. The number of nitro groups is 1. The van der Waals surface area contributed by atoms with E-state index < -0.39 is 37.7 Å². The van der Waals surface area contributed by atoms with Gasteiger partial charge < -0.3 is 14.2 Å². The smallest absolute Gasteiger partial charge is 0.355 e. The quantitative estimate of drug-likeness (QED) is 0.178. The van der Waals surface area contributed by atoms with Gasteiger partial charge in [-0.2, -0.15) is 0 Å². The van der Waals surface area contributed by atoms with Gasteiger partial charge >= 0.3 is 11.3 Å². The van der Waals surface area contributed by atoms with Crippen LogP contribution in [0.2, 0.25) is 0 Å². The fraction of sp³-hybridized carbons (Fsp3) is 0.500. The molecule has 0 bridgehead atoms. The number of β-lactam (4-membered cyclic amide) rings is 1. The molecule has 1 aromatic carbocycles. The Morgan fingerprint density at radius 2 is 2.15 bits per heavy atom. The summed E-state index contributed by atoms with van der Waals surface area (Å²) in [7, 11) is 0. The average Bonchev–Trinajstić information content (AvgIpc) is 2.87. The van der Waals surface area contributed by atoms with Crippen LogP contribution in [0.3, 0.4) is 0 Å². The Morgan fingerprint density at radius 1 is 1.50 bits per heavy atom. The number of esters is 1. The van der Waals surface area contributed by atoms with Gasteiger partial charge in [0.25, 0.3) is 0 Å². The third-order valence-corrected chi connectivity index (χ3v) is 7.35. The van der Waals surface area contributed by atoms with Crippen molar-refractivity contribution in [3.63, 3.8) is 0 Å². The Hall–Kier alpha value is -1.84. The summed E-state index contributed by atoms with van der Waals surface area (Å²) < 4.78 is 16.3. The van der Waals surface area contributed by atoms with E-state index >= 15 is 0 Å². The van der Waals surface area contributed by atoms with E-state index in [0.29, 0.717) is 0 Å². The zero-order chi connectivity index (χ0) is 19.1. The van der Waals surface area contributed by atoms with Crippen LogP contribution in [0.15, 0.2) is 30.3 Å². The minimum absolute atomic E-state index is 0.0345. The molecule has 2 aliphatic rings. The van der Waals surface area contributed by atoms with Crippen LogP contribution < -0.4 is 0 Å². The number of hydrogen-bond acceptors (Lipinski definition) is 6. The first-order valence-corrected chi connectivity index (χ1v) is 9.59. The number of alkyl halides is 1. The number of nitrogens with zero attached hydrogens (tertiary/aromatic N) is 2. The lowest BCUT2D eigenvalue weighted by Gasteiger charge is -2.38. The number of carbonyl (C=O) groups is 2. The van der Waals surface area contributed by atoms with Gasteiger partial charge in [-0.3, -0.25) is 14.9 Å². The molecule has 140 valence electrons. The van der Waals surface area contributed by atoms with Crippen LogP contribution in [0, 0.1) is 10.1 Å². The monoisotopic (exact) mass is 400 g/mol. The second-order valence-electron chi connectivity index (χ2n) is 6.33. The average molecular weight is 401 g/mol. The summed E-state index contributed by atoms with van der Waals surface area (Å²) in [5.74, 6) is -1.10. The maximum atomic E-state index is 12.7. The van der Waals surface area contributed by atoms with Crippen molar-refractivity contribution in [3.8, 4) is 0 Å². The molecule has 3 rings (SSSR count). The van der Waals surface area contributed by atoms with Crippen molar-refractivity contribution in [2.24, 2.45) is 0 Å². The zero-order valence-corrected chi connectivity index (χ0v) is 15.4. The summed E-state index contributed by atoms with van der Waals surface area (Å²) in [4.78, 5) is 36.2. The van der Waals surface area contributed by atoms with Crippen molar-refractivity contribution >= 4 is 34.7 Å². The fourth-order valence-electron chi connectivity index (χ4n) is 3.31. The lowest BCUT2D eigenvalue weighted by atomic mass is 10.0. The summed E-state index contributed by atoms with van der Waals surface area (Å²) in [5, 5.41) is 9.56. The number of halogens is 1. The summed E-state index contributed by atoms with van der Waals surface area (Å²) >= 11 is 4.32. The third kappa shape index (κ3) is 3.15. The Bertz CT molecular complexity index is 735. The molecule has 2 aliphatic heterocycles. The van der Waals surface area contributed by atoms with Gasteiger partial charge in [0.2, 0.25) is 10.1 Å². The number of rotatable bonds is 6. The van der Waals surface area contributed by atoms with E-state index in [2.05, 4.69) is 0 Å². The number of ether oxygens (including phenoxy) is 1. The fourth-order valence-corrected chi connectivity index (χ4v) is 5.58. The van der Waals surface area contributed by atoms with Crippen molar-refractivity contribution in [2.45, 2.75) is 48.0 Å². The number of carbonyl (C=O) groups excluding carboxylic acids is 2. The summed E-state index contributed by atoms with van der Waals surface area (Å²) in [6, 6.07) is 7.26. The zero-order valence-electron chi connectivity index (χ0n) is 13.9. The Morgan fingerprint density at radius 3 is 2.73 bits per heavy atom. The molecule has 1 amide bonds. The molecule has 0 spiro atoms. The van der Waals surface area contributed by atoms with Crippen molar-refractivity contribution in [1.29, 1.82) is 0 Å². The van der Waals surface area contributed by atoms with Crippen LogP contribution in [0.4, 0.5) is 0 Å². The topological polar surface area (TPSA) is 113 Å². The van der Waals surface area contributed by atoms with Crippen LogP contribution in [0.1, 0.15) is 25.3 Å². The van der Waals surface area contributed by atoms with Gasteiger partial charge in [-0.1, -0.05) is 41.9 Å². The molecule has 26 heavy (non-hydrogen) atoms. The molecule has 5 atom stereocenters. The van der Waals surface area contributed by atoms with E-state index in [-0.39, 0.29) is 31.4 Å². The summed E-state index contributed by atoms with van der Waals surface area (Å²) in [6.45, 7) is 1.14. The van der Waals surface area contributed by atoms with E-state index in [4.69, 9.17) is 16.3 Å². The third-order valence-electron chi connectivity index (χ3n) is 4.68. The first-order valence-electron chi connectivity index (χ1n) is 8.00. The van der Waals surface area contributed by atoms with Gasteiger partial charge in [-0.25, -0.2) is 4.79 Å². The molecule has 2 heterocycles. The Balaban J connectivity index is 1.81. The number of hydrogen-bond donors (Lipinski definition) is 0. The molecule has 10 heteroatoms. The molecular weight excluding hydrogens is 384 g/mol. The van der Waals surface area contributed by atoms with E-state index in [1.165, 1.54) is 11.8 Å². The Labute approximate surface area is 157 Å². The van der Waals surface area contributed by atoms with Gasteiger partial charge in [0.05, 0.1) is 11.8 Å². The van der Waals surface area contributed by atoms with E-state index in [9.17, 15) is 24.3 Å². The minimum atomic E-state index is -2.18. The highest BCUT2D eigenvalue weighted by Crippen LogP contribution is 2.50. The predicted octanol–water partition coefficient (Wildman–Crippen LogP) is 1.41. The van der Waals surface area contributed by atoms with Crippen LogP contribution in [-0.2, 0) is 32.1 Å². The van der Waals surface area contributed by atoms with Gasteiger partial charge in [0.1, 0.15) is 6.61 Å². The molecule has 1 aromatic rings. The van der Waals surface area contributed by atoms with Crippen LogP contribution in [0.5, 0.6) is 0 Å². The second-order valence-corrected chi connectivity index (χ2v) is 9.23. The van der Waals surface area contributed by atoms with Crippen LogP contribution in [0.25, 0.3) is 0 Å². The standard InChI is InChI=1S/C16H17ClN2O6S/c1-10(19(22)23)26(24)16(17)8-12-7-13(20)18(12)14(16)15(21)25-9-11-5-3-2-4-6-11/h2-6,10,12,14H,7-9H2,1H3. The summed E-state index contributed by atoms with van der Waals surface area (Å²) in [6.07, 6.45) is 0.233. The van der Waals surface area contributed by atoms with E-state index in [1.54, 1.807) is 24.3 Å². The highest BCUT2D eigenvalue weighted by atomic mass is 35.5. The largest absolute Gasteiger partial charge is 0.610 e. The molecule has 0 aromatic heterocycles. The molecule has 5 unspecified atom stereocenters. The number of benzene rings is 1. The first kappa shape index (κ1) is 18.9. The van der Waals surface area contributed by atoms with Gasteiger partial charge in [0, 0.05) is 30.1 Å². The maximum absolute atomic E-state index is 12.7. The molecule has 0 saturated carbocycles. The van der Waals surface area contributed by atoms with Crippen molar-refractivity contribution in [3.05, 3.63) is 46.0 Å².